The lowest BCUT2D eigenvalue weighted by molar-refractivity contribution is 0.0896. The van der Waals surface area contributed by atoms with E-state index < -0.39 is 0 Å². The Morgan fingerprint density at radius 2 is 1.88 bits per heavy atom. The van der Waals surface area contributed by atoms with E-state index >= 15 is 0 Å². The van der Waals surface area contributed by atoms with E-state index in [4.69, 9.17) is 0 Å². The molecule has 4 heteroatoms. The maximum atomic E-state index is 11.9. The first-order valence-corrected chi connectivity index (χ1v) is 6.07. The Bertz CT molecular complexity index is 546. The van der Waals surface area contributed by atoms with Crippen molar-refractivity contribution >= 4 is 22.9 Å². The Hall–Kier alpha value is -1.81. The van der Waals surface area contributed by atoms with E-state index in [-0.39, 0.29) is 18.0 Å². The fourth-order valence-electron chi connectivity index (χ4n) is 1.52. The van der Waals surface area contributed by atoms with E-state index in [0.717, 1.165) is 5.56 Å². The van der Waals surface area contributed by atoms with Crippen LogP contribution in [0.1, 0.15) is 32.0 Å². The van der Waals surface area contributed by atoms with Crippen LogP contribution in [0.2, 0.25) is 0 Å². The third-order valence-electron chi connectivity index (χ3n) is 2.44. The summed E-state index contributed by atoms with van der Waals surface area (Å²) in [5.41, 5.74) is 1.46. The number of rotatable bonds is 4. The van der Waals surface area contributed by atoms with Gasteiger partial charge in [-0.15, -0.1) is 11.3 Å². The molecular weight excluding hydrogens is 234 g/mol. The number of hydrogen-bond donors (Lipinski definition) is 0. The average molecular weight is 245 g/mol. The first kappa shape index (κ1) is 11.7. The number of nitrogens with zero attached hydrogens (tertiary/aromatic N) is 1. The van der Waals surface area contributed by atoms with Crippen LogP contribution in [0.5, 0.6) is 0 Å². The van der Waals surface area contributed by atoms with Gasteiger partial charge in [0, 0.05) is 18.0 Å². The van der Waals surface area contributed by atoms with Gasteiger partial charge in [-0.1, -0.05) is 0 Å². The van der Waals surface area contributed by atoms with Gasteiger partial charge in [0.15, 0.2) is 11.6 Å². The summed E-state index contributed by atoms with van der Waals surface area (Å²) in [5.74, 6) is -0.274. The lowest BCUT2D eigenvalue weighted by Gasteiger charge is -2.00. The van der Waals surface area contributed by atoms with Gasteiger partial charge in [0.05, 0.1) is 11.3 Å². The summed E-state index contributed by atoms with van der Waals surface area (Å²) in [6, 6.07) is 5.13. The molecule has 2 aromatic heterocycles. The first-order valence-electron chi connectivity index (χ1n) is 5.19. The van der Waals surface area contributed by atoms with E-state index in [0.29, 0.717) is 10.4 Å². The second-order valence-electron chi connectivity index (χ2n) is 3.69. The Labute approximate surface area is 103 Å². The highest BCUT2D eigenvalue weighted by Gasteiger charge is 2.16. The van der Waals surface area contributed by atoms with Gasteiger partial charge in [-0.25, -0.2) is 0 Å². The molecule has 2 heterocycles. The third-order valence-corrected chi connectivity index (χ3v) is 3.50. The van der Waals surface area contributed by atoms with Crippen LogP contribution in [0.3, 0.4) is 0 Å². The van der Waals surface area contributed by atoms with Crippen molar-refractivity contribution < 1.29 is 9.59 Å². The number of carbonyl (C=O) groups excluding carboxylic acids is 2. The molecule has 0 saturated carbocycles. The Morgan fingerprint density at radius 3 is 2.47 bits per heavy atom. The van der Waals surface area contributed by atoms with Crippen LogP contribution in [-0.2, 0) is 0 Å². The zero-order valence-electron chi connectivity index (χ0n) is 9.34. The molecule has 0 N–H and O–H groups in total. The molecule has 0 amide bonds. The van der Waals surface area contributed by atoms with Crippen molar-refractivity contribution in [2.75, 3.05) is 0 Å². The maximum absolute atomic E-state index is 11.9. The van der Waals surface area contributed by atoms with Crippen LogP contribution < -0.4 is 0 Å². The molecule has 0 fully saturated rings. The lowest BCUT2D eigenvalue weighted by atomic mass is 10.1. The molecule has 2 aromatic rings. The number of aromatic nitrogens is 1. The van der Waals surface area contributed by atoms with Crippen molar-refractivity contribution in [2.45, 2.75) is 13.3 Å². The molecule has 0 bridgehead atoms. The molecule has 17 heavy (non-hydrogen) atoms. The first-order chi connectivity index (χ1) is 8.18. The molecule has 0 aliphatic carbocycles. The zero-order valence-corrected chi connectivity index (χ0v) is 10.2. The number of thiophene rings is 1. The molecule has 3 nitrogen and oxygen atoms in total. The normalized spacial score (nSPS) is 10.2. The summed E-state index contributed by atoms with van der Waals surface area (Å²) in [6.45, 7) is 1.88. The van der Waals surface area contributed by atoms with E-state index in [2.05, 4.69) is 4.98 Å². The Balaban J connectivity index is 2.10. The van der Waals surface area contributed by atoms with Crippen molar-refractivity contribution in [2.24, 2.45) is 0 Å². The van der Waals surface area contributed by atoms with Crippen LogP contribution >= 0.6 is 11.3 Å². The second-order valence-corrected chi connectivity index (χ2v) is 4.61. The average Bonchev–Trinajstić information content (AvgIpc) is 2.76. The molecule has 0 saturated heterocycles. The van der Waals surface area contributed by atoms with Crippen LogP contribution in [0.4, 0.5) is 0 Å². The van der Waals surface area contributed by atoms with Gasteiger partial charge in [-0.2, -0.15) is 0 Å². The summed E-state index contributed by atoms with van der Waals surface area (Å²) in [6.07, 6.45) is 3.02. The van der Waals surface area contributed by atoms with Gasteiger partial charge in [-0.05, 0) is 36.1 Å². The van der Waals surface area contributed by atoms with Crippen LogP contribution in [0, 0.1) is 6.92 Å². The van der Waals surface area contributed by atoms with Crippen molar-refractivity contribution in [1.29, 1.82) is 0 Å². The number of pyridine rings is 1. The number of carbonyl (C=O) groups is 2. The fraction of sp³-hybridized carbons (Fsp3) is 0.154. The van der Waals surface area contributed by atoms with Gasteiger partial charge < -0.3 is 0 Å². The predicted molar refractivity (Wildman–Crippen MR) is 66.6 cm³/mol. The largest absolute Gasteiger partial charge is 0.294 e. The van der Waals surface area contributed by atoms with Crippen molar-refractivity contribution in [3.05, 3.63) is 52.0 Å². The highest BCUT2D eigenvalue weighted by Crippen LogP contribution is 2.18. The second kappa shape index (κ2) is 5.01. The minimum Gasteiger partial charge on any atom is -0.294 e. The molecular formula is C13H11NO2S. The molecule has 0 aromatic carbocycles. The lowest BCUT2D eigenvalue weighted by Crippen LogP contribution is -2.08. The number of ketones is 2. The maximum Gasteiger partial charge on any atom is 0.180 e. The van der Waals surface area contributed by atoms with E-state index in [9.17, 15) is 9.59 Å². The third kappa shape index (κ3) is 2.65. The smallest absolute Gasteiger partial charge is 0.180 e. The minimum atomic E-state index is -0.162. The number of Topliss-reactive ketones (excluding diaryl/α,β-unsaturated/α-hetero) is 2. The molecule has 0 aliphatic heterocycles. The topological polar surface area (TPSA) is 47.0 Å². The highest BCUT2D eigenvalue weighted by molar-refractivity contribution is 7.12. The Kier molecular flexibility index (Phi) is 3.44. The summed E-state index contributed by atoms with van der Waals surface area (Å²) in [4.78, 5) is 28.2. The van der Waals surface area contributed by atoms with Gasteiger partial charge >= 0.3 is 0 Å². The SMILES string of the molecule is Cc1ccsc1C(=O)CC(=O)c1ccncc1. The van der Waals surface area contributed by atoms with Crippen LogP contribution in [-0.4, -0.2) is 16.6 Å². The molecule has 0 spiro atoms. The molecule has 86 valence electrons. The number of hydrogen-bond acceptors (Lipinski definition) is 4. The molecule has 0 aliphatic rings. The van der Waals surface area contributed by atoms with Gasteiger partial charge in [-0.3, -0.25) is 14.6 Å². The summed E-state index contributed by atoms with van der Waals surface area (Å²) in [7, 11) is 0. The zero-order chi connectivity index (χ0) is 12.3. The van der Waals surface area contributed by atoms with E-state index in [1.165, 1.54) is 11.3 Å². The predicted octanol–water partition coefficient (Wildman–Crippen LogP) is 2.91. The molecule has 0 atom stereocenters. The quantitative estimate of drug-likeness (QED) is 0.614. The molecule has 0 unspecified atom stereocenters. The summed E-state index contributed by atoms with van der Waals surface area (Å²) >= 11 is 1.38. The number of aryl methyl sites for hydroxylation is 1. The van der Waals surface area contributed by atoms with Gasteiger partial charge in [0.2, 0.25) is 0 Å². The van der Waals surface area contributed by atoms with Crippen molar-refractivity contribution in [3.8, 4) is 0 Å². The van der Waals surface area contributed by atoms with Gasteiger partial charge in [0.1, 0.15) is 0 Å². The summed E-state index contributed by atoms with van der Waals surface area (Å²) < 4.78 is 0. The van der Waals surface area contributed by atoms with E-state index in [1.807, 2.05) is 18.4 Å². The monoisotopic (exact) mass is 245 g/mol. The van der Waals surface area contributed by atoms with Crippen LogP contribution in [0.15, 0.2) is 36.0 Å². The standard InChI is InChI=1S/C13H11NO2S/c1-9-4-7-17-13(9)12(16)8-11(15)10-2-5-14-6-3-10/h2-7H,8H2,1H3. The highest BCUT2D eigenvalue weighted by atomic mass is 32.1. The van der Waals surface area contributed by atoms with E-state index in [1.54, 1.807) is 24.5 Å². The fourth-order valence-corrected chi connectivity index (χ4v) is 2.39. The van der Waals surface area contributed by atoms with Gasteiger partial charge in [0.25, 0.3) is 0 Å². The summed E-state index contributed by atoms with van der Waals surface area (Å²) in [5, 5.41) is 1.86. The minimum absolute atomic E-state index is 0.0780. The van der Waals surface area contributed by atoms with Crippen molar-refractivity contribution in [1.82, 2.24) is 4.98 Å². The van der Waals surface area contributed by atoms with Crippen molar-refractivity contribution in [3.63, 3.8) is 0 Å². The Morgan fingerprint density at radius 1 is 1.18 bits per heavy atom. The molecule has 2 rings (SSSR count). The van der Waals surface area contributed by atoms with Crippen LogP contribution in [0.25, 0.3) is 0 Å². The molecule has 0 radical (unpaired) electrons.